The van der Waals surface area contributed by atoms with Crippen molar-refractivity contribution in [2.45, 2.75) is 5.41 Å². The molecular formula is C23H17Cl2N3O. The molecule has 3 heterocycles. The van der Waals surface area contributed by atoms with E-state index in [0.29, 0.717) is 21.3 Å². The number of hydrogen-bond acceptors (Lipinski definition) is 4. The fourth-order valence-electron chi connectivity index (χ4n) is 3.63. The number of nitrogens with zero attached hydrogens (tertiary/aromatic N) is 3. The van der Waals surface area contributed by atoms with Crippen molar-refractivity contribution in [1.82, 2.24) is 15.0 Å². The molecule has 4 aromatic rings. The molecule has 0 unspecified atom stereocenters. The summed E-state index contributed by atoms with van der Waals surface area (Å²) >= 11 is 12.8. The molecule has 0 aliphatic carbocycles. The van der Waals surface area contributed by atoms with E-state index in [-0.39, 0.29) is 6.61 Å². The van der Waals surface area contributed by atoms with Crippen molar-refractivity contribution >= 4 is 23.2 Å². The minimum Gasteiger partial charge on any atom is -0.395 e. The maximum Gasteiger partial charge on any atom is 0.0762 e. The molecule has 0 saturated carbocycles. The largest absolute Gasteiger partial charge is 0.395 e. The van der Waals surface area contributed by atoms with Crippen LogP contribution in [0.5, 0.6) is 0 Å². The SMILES string of the molecule is OCC(c1cccnc1)(c1cccnc1)c1cccnc1-c1cccc(Cl)c1Cl. The number of rotatable bonds is 5. The van der Waals surface area contributed by atoms with Gasteiger partial charge in [0, 0.05) is 36.5 Å². The van der Waals surface area contributed by atoms with E-state index < -0.39 is 5.41 Å². The molecule has 0 atom stereocenters. The number of hydrogen-bond donors (Lipinski definition) is 1. The molecule has 0 aliphatic rings. The first-order chi connectivity index (χ1) is 14.2. The van der Waals surface area contributed by atoms with Crippen LogP contribution in [0.1, 0.15) is 16.7 Å². The molecule has 6 heteroatoms. The number of benzene rings is 1. The van der Waals surface area contributed by atoms with Crippen LogP contribution in [-0.4, -0.2) is 26.7 Å². The Morgan fingerprint density at radius 3 is 2.03 bits per heavy atom. The zero-order chi connectivity index (χ0) is 20.3. The molecule has 1 aromatic carbocycles. The lowest BCUT2D eigenvalue weighted by Gasteiger charge is -2.34. The summed E-state index contributed by atoms with van der Waals surface area (Å²) in [6.07, 6.45) is 8.60. The van der Waals surface area contributed by atoms with E-state index >= 15 is 0 Å². The topological polar surface area (TPSA) is 58.9 Å². The lowest BCUT2D eigenvalue weighted by Crippen LogP contribution is -2.34. The number of aromatic nitrogens is 3. The average Bonchev–Trinajstić information content (AvgIpc) is 2.79. The van der Waals surface area contributed by atoms with Crippen molar-refractivity contribution in [1.29, 1.82) is 0 Å². The van der Waals surface area contributed by atoms with Crippen molar-refractivity contribution in [3.8, 4) is 11.3 Å². The van der Waals surface area contributed by atoms with Crippen LogP contribution >= 0.6 is 23.2 Å². The zero-order valence-corrected chi connectivity index (χ0v) is 16.8. The first-order valence-electron chi connectivity index (χ1n) is 9.00. The Bertz CT molecular complexity index is 1080. The third-order valence-corrected chi connectivity index (χ3v) is 5.84. The maximum atomic E-state index is 10.8. The average molecular weight is 422 g/mol. The highest BCUT2D eigenvalue weighted by molar-refractivity contribution is 6.43. The van der Waals surface area contributed by atoms with Gasteiger partial charge in [0.15, 0.2) is 0 Å². The van der Waals surface area contributed by atoms with Crippen molar-refractivity contribution in [3.63, 3.8) is 0 Å². The minimum absolute atomic E-state index is 0.207. The van der Waals surface area contributed by atoms with Crippen LogP contribution in [0.15, 0.2) is 85.6 Å². The molecule has 1 N–H and O–H groups in total. The third kappa shape index (κ3) is 3.40. The smallest absolute Gasteiger partial charge is 0.0762 e. The van der Waals surface area contributed by atoms with E-state index in [1.165, 1.54) is 0 Å². The lowest BCUT2D eigenvalue weighted by atomic mass is 9.70. The van der Waals surface area contributed by atoms with Gasteiger partial charge < -0.3 is 5.11 Å². The van der Waals surface area contributed by atoms with Crippen LogP contribution in [0.25, 0.3) is 11.3 Å². The Morgan fingerprint density at radius 1 is 0.793 bits per heavy atom. The first-order valence-corrected chi connectivity index (χ1v) is 9.76. The van der Waals surface area contributed by atoms with E-state index in [0.717, 1.165) is 16.7 Å². The van der Waals surface area contributed by atoms with Gasteiger partial charge in [0.2, 0.25) is 0 Å². The first kappa shape index (κ1) is 19.5. The van der Waals surface area contributed by atoms with Crippen LogP contribution < -0.4 is 0 Å². The number of pyridine rings is 3. The fraction of sp³-hybridized carbons (Fsp3) is 0.0870. The van der Waals surface area contributed by atoms with Crippen molar-refractivity contribution in [2.75, 3.05) is 6.61 Å². The summed E-state index contributed by atoms with van der Waals surface area (Å²) < 4.78 is 0. The quantitative estimate of drug-likeness (QED) is 0.482. The number of aliphatic hydroxyl groups excluding tert-OH is 1. The Hall–Kier alpha value is -2.79. The summed E-state index contributed by atoms with van der Waals surface area (Å²) in [5.74, 6) is 0. The molecule has 0 spiro atoms. The van der Waals surface area contributed by atoms with Gasteiger partial charge in [-0.1, -0.05) is 53.5 Å². The van der Waals surface area contributed by atoms with Crippen molar-refractivity contribution < 1.29 is 5.11 Å². The lowest BCUT2D eigenvalue weighted by molar-refractivity contribution is 0.242. The molecule has 0 saturated heterocycles. The van der Waals surface area contributed by atoms with Crippen LogP contribution in [0.3, 0.4) is 0 Å². The Balaban J connectivity index is 2.07. The molecule has 0 fully saturated rings. The van der Waals surface area contributed by atoms with E-state index in [1.807, 2.05) is 48.5 Å². The van der Waals surface area contributed by atoms with Gasteiger partial charge in [-0.25, -0.2) is 0 Å². The fourth-order valence-corrected chi connectivity index (χ4v) is 4.02. The second-order valence-corrected chi connectivity index (χ2v) is 7.33. The molecule has 0 radical (unpaired) electrons. The Labute approximate surface area is 178 Å². The van der Waals surface area contributed by atoms with Crippen molar-refractivity contribution in [3.05, 3.63) is 112 Å². The Kier molecular flexibility index (Phi) is 5.58. The normalized spacial score (nSPS) is 11.4. The molecule has 144 valence electrons. The van der Waals surface area contributed by atoms with Crippen LogP contribution in [0.4, 0.5) is 0 Å². The van der Waals surface area contributed by atoms with Crippen LogP contribution in [0, 0.1) is 0 Å². The van der Waals surface area contributed by atoms with Gasteiger partial charge in [0.25, 0.3) is 0 Å². The highest BCUT2D eigenvalue weighted by atomic mass is 35.5. The molecule has 3 aromatic heterocycles. The van der Waals surface area contributed by atoms with Gasteiger partial charge >= 0.3 is 0 Å². The number of halogens is 2. The molecule has 4 nitrogen and oxygen atoms in total. The number of aliphatic hydroxyl groups is 1. The zero-order valence-electron chi connectivity index (χ0n) is 15.3. The molecule has 0 bridgehead atoms. The minimum atomic E-state index is -0.933. The second-order valence-electron chi connectivity index (χ2n) is 6.55. The van der Waals surface area contributed by atoms with Gasteiger partial charge in [-0.05, 0) is 41.0 Å². The molecule has 0 amide bonds. The maximum absolute atomic E-state index is 10.8. The molecule has 29 heavy (non-hydrogen) atoms. The highest BCUT2D eigenvalue weighted by Gasteiger charge is 2.39. The summed E-state index contributed by atoms with van der Waals surface area (Å²) in [4.78, 5) is 13.2. The van der Waals surface area contributed by atoms with E-state index in [9.17, 15) is 5.11 Å². The van der Waals surface area contributed by atoms with E-state index in [4.69, 9.17) is 23.2 Å². The Morgan fingerprint density at radius 2 is 1.45 bits per heavy atom. The van der Waals surface area contributed by atoms with Crippen molar-refractivity contribution in [2.24, 2.45) is 0 Å². The standard InChI is InChI=1S/C23H17Cl2N3O/c24-20-9-1-7-18(21(20)25)22-19(8-4-12-28-22)23(15-29,16-5-2-10-26-13-16)17-6-3-11-27-14-17/h1-14,29H,15H2. The van der Waals surface area contributed by atoms with Gasteiger partial charge in [0.1, 0.15) is 0 Å². The van der Waals surface area contributed by atoms with E-state index in [1.54, 1.807) is 37.1 Å². The monoisotopic (exact) mass is 421 g/mol. The predicted octanol–water partition coefficient (Wildman–Crippen LogP) is 5.17. The summed E-state index contributed by atoms with van der Waals surface area (Å²) in [5, 5.41) is 11.6. The summed E-state index contributed by atoms with van der Waals surface area (Å²) in [7, 11) is 0. The van der Waals surface area contributed by atoms with Gasteiger partial charge in [-0.2, -0.15) is 0 Å². The van der Waals surface area contributed by atoms with Gasteiger partial charge in [-0.3, -0.25) is 15.0 Å². The van der Waals surface area contributed by atoms with E-state index in [2.05, 4.69) is 15.0 Å². The predicted molar refractivity (Wildman–Crippen MR) is 115 cm³/mol. The summed E-state index contributed by atoms with van der Waals surface area (Å²) in [5.41, 5.74) is 2.83. The van der Waals surface area contributed by atoms with Gasteiger partial charge in [0.05, 0.1) is 27.8 Å². The summed E-state index contributed by atoms with van der Waals surface area (Å²) in [6, 6.07) is 16.8. The van der Waals surface area contributed by atoms with Crippen LogP contribution in [-0.2, 0) is 5.41 Å². The summed E-state index contributed by atoms with van der Waals surface area (Å²) in [6.45, 7) is -0.207. The van der Waals surface area contributed by atoms with Crippen LogP contribution in [0.2, 0.25) is 10.0 Å². The molecule has 4 rings (SSSR count). The molecule has 0 aliphatic heterocycles. The highest BCUT2D eigenvalue weighted by Crippen LogP contribution is 2.44. The third-order valence-electron chi connectivity index (χ3n) is 5.02. The second kappa shape index (κ2) is 8.29. The van der Waals surface area contributed by atoms with Gasteiger partial charge in [-0.15, -0.1) is 0 Å². The molecular weight excluding hydrogens is 405 g/mol.